The van der Waals surface area contributed by atoms with E-state index >= 15 is 0 Å². The summed E-state index contributed by atoms with van der Waals surface area (Å²) in [5.41, 5.74) is 6.38. The molecule has 0 aliphatic heterocycles. The summed E-state index contributed by atoms with van der Waals surface area (Å²) in [6, 6.07) is 5.16. The fourth-order valence-corrected chi connectivity index (χ4v) is 2.32. The van der Waals surface area contributed by atoms with E-state index in [2.05, 4.69) is 0 Å². The molecule has 3 heteroatoms. The van der Waals surface area contributed by atoms with Crippen molar-refractivity contribution < 1.29 is 9.13 Å². The van der Waals surface area contributed by atoms with E-state index in [4.69, 9.17) is 10.5 Å². The predicted molar refractivity (Wildman–Crippen MR) is 66.7 cm³/mol. The molecule has 94 valence electrons. The number of ether oxygens (including phenoxy) is 1. The number of halogens is 1. The fourth-order valence-electron chi connectivity index (χ4n) is 2.32. The summed E-state index contributed by atoms with van der Waals surface area (Å²) in [6.45, 7) is 0.544. The molecule has 1 aromatic carbocycles. The Morgan fingerprint density at radius 2 is 2.00 bits per heavy atom. The summed E-state index contributed by atoms with van der Waals surface area (Å²) in [6.07, 6.45) is 6.65. The van der Waals surface area contributed by atoms with Crippen LogP contribution in [0.1, 0.15) is 37.7 Å². The topological polar surface area (TPSA) is 35.2 Å². The van der Waals surface area contributed by atoms with Gasteiger partial charge < -0.3 is 10.5 Å². The summed E-state index contributed by atoms with van der Waals surface area (Å²) >= 11 is 0. The third kappa shape index (κ3) is 3.43. The van der Waals surface area contributed by atoms with E-state index in [-0.39, 0.29) is 11.9 Å². The second-order valence-corrected chi connectivity index (χ2v) is 4.68. The van der Waals surface area contributed by atoms with E-state index in [0.717, 1.165) is 18.4 Å². The molecule has 1 aliphatic carbocycles. The van der Waals surface area contributed by atoms with Gasteiger partial charge in [-0.05, 0) is 56.3 Å². The lowest BCUT2D eigenvalue weighted by atomic mass is 9.98. The maximum Gasteiger partial charge on any atom is 0.165 e. The van der Waals surface area contributed by atoms with Crippen LogP contribution in [0.25, 0.3) is 0 Å². The average Bonchev–Trinajstić information content (AvgIpc) is 2.34. The zero-order valence-electron chi connectivity index (χ0n) is 10.1. The molecule has 0 atom stereocenters. The highest BCUT2D eigenvalue weighted by Gasteiger charge is 2.16. The van der Waals surface area contributed by atoms with Crippen LogP contribution < -0.4 is 10.5 Å². The highest BCUT2D eigenvalue weighted by molar-refractivity contribution is 5.29. The average molecular weight is 237 g/mol. The number of rotatable bonds is 4. The monoisotopic (exact) mass is 237 g/mol. The van der Waals surface area contributed by atoms with Gasteiger partial charge in [0.2, 0.25) is 0 Å². The molecule has 2 N–H and O–H groups in total. The Morgan fingerprint density at radius 3 is 2.65 bits per heavy atom. The lowest BCUT2D eigenvalue weighted by molar-refractivity contribution is 0.148. The SMILES string of the molecule is NCCc1ccc(OC2CCCCC2)c(F)c1. The fraction of sp³-hybridized carbons (Fsp3) is 0.571. The van der Waals surface area contributed by atoms with E-state index in [1.165, 1.54) is 25.3 Å². The minimum absolute atomic E-state index is 0.193. The van der Waals surface area contributed by atoms with E-state index in [9.17, 15) is 4.39 Å². The zero-order valence-corrected chi connectivity index (χ0v) is 10.1. The van der Waals surface area contributed by atoms with Crippen LogP contribution in [0.4, 0.5) is 4.39 Å². The van der Waals surface area contributed by atoms with E-state index in [1.807, 2.05) is 6.07 Å². The van der Waals surface area contributed by atoms with Gasteiger partial charge in [0.25, 0.3) is 0 Å². The van der Waals surface area contributed by atoms with Crippen LogP contribution in [0, 0.1) is 5.82 Å². The number of hydrogen-bond acceptors (Lipinski definition) is 2. The Hall–Kier alpha value is -1.09. The van der Waals surface area contributed by atoms with Crippen molar-refractivity contribution in [3.8, 4) is 5.75 Å². The Labute approximate surface area is 102 Å². The maximum absolute atomic E-state index is 13.8. The van der Waals surface area contributed by atoms with Gasteiger partial charge in [0.15, 0.2) is 11.6 Å². The summed E-state index contributed by atoms with van der Waals surface area (Å²) in [7, 11) is 0. The van der Waals surface area contributed by atoms with Gasteiger partial charge in [0.1, 0.15) is 0 Å². The molecule has 0 spiro atoms. The quantitative estimate of drug-likeness (QED) is 0.873. The first kappa shape index (κ1) is 12.4. The van der Waals surface area contributed by atoms with Gasteiger partial charge in [-0.15, -0.1) is 0 Å². The van der Waals surface area contributed by atoms with Crippen LogP contribution in [0.15, 0.2) is 18.2 Å². The van der Waals surface area contributed by atoms with E-state index < -0.39 is 0 Å². The van der Waals surface area contributed by atoms with Gasteiger partial charge in [0, 0.05) is 0 Å². The van der Waals surface area contributed by atoms with Gasteiger partial charge in [-0.1, -0.05) is 12.5 Å². The van der Waals surface area contributed by atoms with Crippen LogP contribution in [0.2, 0.25) is 0 Å². The van der Waals surface area contributed by atoms with Gasteiger partial charge in [-0.25, -0.2) is 4.39 Å². The van der Waals surface area contributed by atoms with Crippen LogP contribution in [-0.2, 0) is 6.42 Å². The number of hydrogen-bond donors (Lipinski definition) is 1. The molecule has 0 heterocycles. The molecule has 1 aliphatic rings. The molecule has 0 aromatic heterocycles. The zero-order chi connectivity index (χ0) is 12.1. The van der Waals surface area contributed by atoms with Crippen molar-refractivity contribution in [2.75, 3.05) is 6.54 Å². The van der Waals surface area contributed by atoms with Crippen LogP contribution >= 0.6 is 0 Å². The van der Waals surface area contributed by atoms with Crippen molar-refractivity contribution in [2.45, 2.75) is 44.6 Å². The molecule has 1 aromatic rings. The van der Waals surface area contributed by atoms with Crippen molar-refractivity contribution in [3.05, 3.63) is 29.6 Å². The maximum atomic E-state index is 13.8. The highest BCUT2D eigenvalue weighted by Crippen LogP contribution is 2.25. The predicted octanol–water partition coefficient (Wildman–Crippen LogP) is 3.04. The largest absolute Gasteiger partial charge is 0.487 e. The number of benzene rings is 1. The first-order valence-corrected chi connectivity index (χ1v) is 6.45. The minimum Gasteiger partial charge on any atom is -0.487 e. The van der Waals surface area contributed by atoms with Crippen molar-refractivity contribution in [2.24, 2.45) is 5.73 Å². The smallest absolute Gasteiger partial charge is 0.165 e. The van der Waals surface area contributed by atoms with Crippen LogP contribution in [0.3, 0.4) is 0 Å². The molecule has 0 saturated heterocycles. The lowest BCUT2D eigenvalue weighted by Gasteiger charge is -2.23. The Morgan fingerprint density at radius 1 is 1.24 bits per heavy atom. The Balaban J connectivity index is 2.00. The Bertz CT molecular complexity index is 361. The molecule has 17 heavy (non-hydrogen) atoms. The molecule has 0 radical (unpaired) electrons. The summed E-state index contributed by atoms with van der Waals surface area (Å²) < 4.78 is 19.5. The second-order valence-electron chi connectivity index (χ2n) is 4.68. The van der Waals surface area contributed by atoms with Crippen molar-refractivity contribution >= 4 is 0 Å². The summed E-state index contributed by atoms with van der Waals surface area (Å²) in [5, 5.41) is 0. The first-order valence-electron chi connectivity index (χ1n) is 6.45. The van der Waals surface area contributed by atoms with Crippen molar-refractivity contribution in [3.63, 3.8) is 0 Å². The van der Waals surface area contributed by atoms with Crippen molar-refractivity contribution in [1.82, 2.24) is 0 Å². The second kappa shape index (κ2) is 6.01. The number of nitrogens with two attached hydrogens (primary N) is 1. The molecule has 0 amide bonds. The standard InChI is InChI=1S/C14H20FNO/c15-13-10-11(8-9-16)6-7-14(13)17-12-4-2-1-3-5-12/h6-7,10,12H,1-5,8-9,16H2. The van der Waals surface area contributed by atoms with Gasteiger partial charge in [-0.2, -0.15) is 0 Å². The normalized spacial score (nSPS) is 17.1. The molecular formula is C14H20FNO. The van der Waals surface area contributed by atoms with Gasteiger partial charge >= 0.3 is 0 Å². The molecular weight excluding hydrogens is 217 g/mol. The van der Waals surface area contributed by atoms with Crippen LogP contribution in [-0.4, -0.2) is 12.6 Å². The molecule has 2 nitrogen and oxygen atoms in total. The Kier molecular flexibility index (Phi) is 4.37. The highest BCUT2D eigenvalue weighted by atomic mass is 19.1. The molecule has 0 unspecified atom stereocenters. The van der Waals surface area contributed by atoms with Crippen LogP contribution in [0.5, 0.6) is 5.75 Å². The molecule has 1 saturated carbocycles. The lowest BCUT2D eigenvalue weighted by Crippen LogP contribution is -2.20. The first-order chi connectivity index (χ1) is 8.29. The van der Waals surface area contributed by atoms with E-state index in [0.29, 0.717) is 18.7 Å². The van der Waals surface area contributed by atoms with E-state index in [1.54, 1.807) is 6.07 Å². The summed E-state index contributed by atoms with van der Waals surface area (Å²) in [5.74, 6) is 0.124. The molecule has 1 fully saturated rings. The molecule has 2 rings (SSSR count). The third-order valence-electron chi connectivity index (χ3n) is 3.28. The van der Waals surface area contributed by atoms with Crippen molar-refractivity contribution in [1.29, 1.82) is 0 Å². The molecule has 0 bridgehead atoms. The van der Waals surface area contributed by atoms with Gasteiger partial charge in [0.05, 0.1) is 6.10 Å². The summed E-state index contributed by atoms with van der Waals surface area (Å²) in [4.78, 5) is 0. The third-order valence-corrected chi connectivity index (χ3v) is 3.28. The van der Waals surface area contributed by atoms with Gasteiger partial charge in [-0.3, -0.25) is 0 Å². The minimum atomic E-state index is -0.262.